The fourth-order valence-corrected chi connectivity index (χ4v) is 5.22. The maximum Gasteiger partial charge on any atom is 0.328 e. The van der Waals surface area contributed by atoms with Crippen molar-refractivity contribution < 1.29 is 14.7 Å². The molecule has 3 aromatic rings. The van der Waals surface area contributed by atoms with E-state index in [9.17, 15) is 14.7 Å². The molecule has 1 spiro atoms. The Bertz CT molecular complexity index is 1280. The number of carboxylic acid groups (broad SMARTS) is 1. The molecule has 0 bridgehead atoms. The van der Waals surface area contributed by atoms with Crippen LogP contribution in [0.15, 0.2) is 53.8 Å². The number of aromatic nitrogens is 2. The fourth-order valence-electron chi connectivity index (χ4n) is 5.22. The van der Waals surface area contributed by atoms with Gasteiger partial charge in [-0.3, -0.25) is 14.8 Å². The summed E-state index contributed by atoms with van der Waals surface area (Å²) in [7, 11) is 0. The molecule has 2 aromatic heterocycles. The Labute approximate surface area is 198 Å². The van der Waals surface area contributed by atoms with Crippen LogP contribution in [0.1, 0.15) is 49.8 Å². The van der Waals surface area contributed by atoms with Crippen LogP contribution in [0, 0.1) is 12.3 Å². The maximum atomic E-state index is 12.4. The van der Waals surface area contributed by atoms with Crippen molar-refractivity contribution in [3.8, 4) is 0 Å². The number of nitrogens with one attached hydrogen (secondary N) is 1. The lowest BCUT2D eigenvalue weighted by atomic mass is 9.58. The first kappa shape index (κ1) is 22.2. The molecule has 0 radical (unpaired) electrons. The quantitative estimate of drug-likeness (QED) is 0.538. The molecular weight excluding hydrogens is 428 g/mol. The number of hydrogen-bond acceptors (Lipinski definition) is 6. The maximum absolute atomic E-state index is 12.4. The van der Waals surface area contributed by atoms with Gasteiger partial charge in [0.25, 0.3) is 0 Å². The summed E-state index contributed by atoms with van der Waals surface area (Å²) in [4.78, 5) is 37.8. The van der Waals surface area contributed by atoms with Crippen LogP contribution in [-0.2, 0) is 16.0 Å². The first-order chi connectivity index (χ1) is 16.4. The topological polar surface area (TPSA) is 105 Å². The highest BCUT2D eigenvalue weighted by Crippen LogP contribution is 2.47. The van der Waals surface area contributed by atoms with Crippen LogP contribution in [0.25, 0.3) is 10.8 Å². The number of anilines is 2. The first-order valence-electron chi connectivity index (χ1n) is 11.9. The van der Waals surface area contributed by atoms with Crippen molar-refractivity contribution in [3.05, 3.63) is 60.0 Å². The molecule has 0 amide bonds. The van der Waals surface area contributed by atoms with Gasteiger partial charge in [-0.2, -0.15) is 0 Å². The van der Waals surface area contributed by atoms with E-state index in [1.54, 1.807) is 12.4 Å². The average Bonchev–Trinajstić information content (AvgIpc) is 2.84. The third-order valence-electron chi connectivity index (χ3n) is 7.13. The molecule has 34 heavy (non-hydrogen) atoms. The number of rotatable bonds is 6. The second-order valence-electron chi connectivity index (χ2n) is 9.41. The zero-order chi connectivity index (χ0) is 23.7. The zero-order valence-corrected chi connectivity index (χ0v) is 19.3. The predicted molar refractivity (Wildman–Crippen MR) is 132 cm³/mol. The van der Waals surface area contributed by atoms with Gasteiger partial charge in [0.1, 0.15) is 11.6 Å². The van der Waals surface area contributed by atoms with Gasteiger partial charge in [0, 0.05) is 47.7 Å². The Balaban J connectivity index is 1.32. The summed E-state index contributed by atoms with van der Waals surface area (Å²) in [6.07, 6.45) is 8.93. The number of aryl methyl sites for hydroxylation is 1. The number of Topliss-reactive ketones (excluding diaryl/α,β-unsaturated/α-hetero) is 1. The number of aliphatic carboxylic acids is 1. The molecular formula is C27H28N4O3. The van der Waals surface area contributed by atoms with Crippen molar-refractivity contribution in [1.29, 1.82) is 0 Å². The van der Waals surface area contributed by atoms with E-state index in [1.165, 1.54) is 0 Å². The standard InChI is InChI=1S/C27H28N4O3/c1-17-13-19-9-12-28-16-21(19)25(29-17)30-20-7-5-18(6-8-20)14-22(26(33)34)31-23-15-24(32)27(23)10-3-2-4-11-27/h5-9,12-13,16,22H,2-4,10-11,14-15H2,1H3,(H,29,30)(H,33,34)/t22-/m0/s1. The normalized spacial score (nSPS) is 19.2. The van der Waals surface area contributed by atoms with Gasteiger partial charge in [0.15, 0.2) is 6.04 Å². The van der Waals surface area contributed by atoms with Gasteiger partial charge in [-0.1, -0.05) is 31.4 Å². The molecule has 2 fully saturated rings. The molecule has 0 aliphatic heterocycles. The van der Waals surface area contributed by atoms with Crippen molar-refractivity contribution in [2.75, 3.05) is 5.32 Å². The lowest BCUT2D eigenvalue weighted by molar-refractivity contribution is -0.138. The van der Waals surface area contributed by atoms with E-state index in [2.05, 4.69) is 20.3 Å². The number of nitrogens with zero attached hydrogens (tertiary/aromatic N) is 3. The summed E-state index contributed by atoms with van der Waals surface area (Å²) >= 11 is 0. The SMILES string of the molecule is Cc1cc2ccncc2c(Nc2ccc(C[C@H](N=C3CC(=O)C34CCCCC4)C(=O)O)cc2)n1. The molecule has 2 aliphatic rings. The number of carbonyl (C=O) groups is 2. The van der Waals surface area contributed by atoms with E-state index >= 15 is 0 Å². The third-order valence-corrected chi connectivity index (χ3v) is 7.13. The van der Waals surface area contributed by atoms with Crippen LogP contribution >= 0.6 is 0 Å². The van der Waals surface area contributed by atoms with Gasteiger partial charge in [0.05, 0.1) is 5.41 Å². The Morgan fingerprint density at radius 3 is 2.65 bits per heavy atom. The van der Waals surface area contributed by atoms with E-state index in [4.69, 9.17) is 0 Å². The first-order valence-corrected chi connectivity index (χ1v) is 11.9. The summed E-state index contributed by atoms with van der Waals surface area (Å²) in [5.41, 5.74) is 2.98. The Morgan fingerprint density at radius 2 is 1.94 bits per heavy atom. The number of aliphatic imine (C=N–C) groups is 1. The molecule has 2 aliphatic carbocycles. The van der Waals surface area contributed by atoms with Crippen molar-refractivity contribution in [2.24, 2.45) is 10.4 Å². The summed E-state index contributed by atoms with van der Waals surface area (Å²) in [6, 6.07) is 10.8. The van der Waals surface area contributed by atoms with E-state index in [-0.39, 0.29) is 5.78 Å². The average molecular weight is 457 g/mol. The van der Waals surface area contributed by atoms with Gasteiger partial charge >= 0.3 is 5.97 Å². The minimum atomic E-state index is -0.956. The van der Waals surface area contributed by atoms with Crippen LogP contribution < -0.4 is 5.32 Å². The van der Waals surface area contributed by atoms with Crippen LogP contribution in [0.2, 0.25) is 0 Å². The predicted octanol–water partition coefficient (Wildman–Crippen LogP) is 5.04. The Kier molecular flexibility index (Phi) is 5.86. The molecule has 2 saturated carbocycles. The molecule has 174 valence electrons. The monoisotopic (exact) mass is 456 g/mol. The number of fused-ring (bicyclic) bond motifs is 1. The highest BCUT2D eigenvalue weighted by Gasteiger charge is 2.52. The minimum absolute atomic E-state index is 0.234. The Morgan fingerprint density at radius 1 is 1.18 bits per heavy atom. The van der Waals surface area contributed by atoms with Crippen molar-refractivity contribution in [2.45, 2.75) is 57.9 Å². The molecule has 1 atom stereocenters. The second-order valence-corrected chi connectivity index (χ2v) is 9.41. The van der Waals surface area contributed by atoms with Crippen LogP contribution in [0.5, 0.6) is 0 Å². The highest BCUT2D eigenvalue weighted by molar-refractivity contribution is 6.27. The molecule has 7 nitrogen and oxygen atoms in total. The van der Waals surface area contributed by atoms with Crippen molar-refractivity contribution in [1.82, 2.24) is 9.97 Å². The van der Waals surface area contributed by atoms with Gasteiger partial charge < -0.3 is 10.4 Å². The molecule has 0 unspecified atom stereocenters. The van der Waals surface area contributed by atoms with Gasteiger partial charge in [-0.25, -0.2) is 9.78 Å². The number of carboxylic acids is 1. The molecule has 5 rings (SSSR count). The molecule has 1 aromatic carbocycles. The summed E-state index contributed by atoms with van der Waals surface area (Å²) in [5.74, 6) is 0.0130. The van der Waals surface area contributed by atoms with E-state index in [1.807, 2.05) is 43.3 Å². The number of carbonyl (C=O) groups excluding carboxylic acids is 1. The van der Waals surface area contributed by atoms with Crippen LogP contribution in [0.4, 0.5) is 11.5 Å². The van der Waals surface area contributed by atoms with Crippen molar-refractivity contribution in [3.63, 3.8) is 0 Å². The van der Waals surface area contributed by atoms with Crippen LogP contribution in [-0.4, -0.2) is 38.6 Å². The Hall–Kier alpha value is -3.61. The summed E-state index contributed by atoms with van der Waals surface area (Å²) in [6.45, 7) is 1.95. The van der Waals surface area contributed by atoms with E-state index in [0.717, 1.165) is 71.4 Å². The fraction of sp³-hybridized carbons (Fsp3) is 0.370. The number of benzene rings is 1. The molecule has 2 N–H and O–H groups in total. The van der Waals surface area contributed by atoms with Gasteiger partial charge in [0.2, 0.25) is 0 Å². The van der Waals surface area contributed by atoms with Crippen LogP contribution in [0.3, 0.4) is 0 Å². The molecule has 2 heterocycles. The zero-order valence-electron chi connectivity index (χ0n) is 19.3. The highest BCUT2D eigenvalue weighted by atomic mass is 16.4. The molecule has 7 heteroatoms. The number of ketones is 1. The van der Waals surface area contributed by atoms with E-state index in [0.29, 0.717) is 12.8 Å². The van der Waals surface area contributed by atoms with Gasteiger partial charge in [-0.05, 0) is 55.0 Å². The summed E-state index contributed by atoms with van der Waals surface area (Å²) in [5, 5.41) is 15.2. The van der Waals surface area contributed by atoms with E-state index < -0.39 is 17.4 Å². The third kappa shape index (κ3) is 4.18. The van der Waals surface area contributed by atoms with Crippen molar-refractivity contribution >= 4 is 39.7 Å². The minimum Gasteiger partial charge on any atom is -0.480 e. The summed E-state index contributed by atoms with van der Waals surface area (Å²) < 4.78 is 0. The van der Waals surface area contributed by atoms with Gasteiger partial charge in [-0.15, -0.1) is 0 Å². The number of hydrogen-bond donors (Lipinski definition) is 2. The second kappa shape index (κ2) is 8.97. The number of pyridine rings is 2. The smallest absolute Gasteiger partial charge is 0.328 e. The molecule has 0 saturated heterocycles. The largest absolute Gasteiger partial charge is 0.480 e. The lowest BCUT2D eigenvalue weighted by Crippen LogP contribution is -2.52. The lowest BCUT2D eigenvalue weighted by Gasteiger charge is -2.44.